The highest BCUT2D eigenvalue weighted by atomic mass is 35.5. The summed E-state index contributed by atoms with van der Waals surface area (Å²) < 4.78 is 5.42. The summed E-state index contributed by atoms with van der Waals surface area (Å²) in [5, 5.41) is 3.51. The summed E-state index contributed by atoms with van der Waals surface area (Å²) in [6, 6.07) is 12.4. The minimum absolute atomic E-state index is 0.190. The minimum atomic E-state index is -0.190. The fourth-order valence-corrected chi connectivity index (χ4v) is 2.07. The second-order valence-electron chi connectivity index (χ2n) is 4.54. The van der Waals surface area contributed by atoms with Gasteiger partial charge in [-0.2, -0.15) is 0 Å². The summed E-state index contributed by atoms with van der Waals surface area (Å²) in [4.78, 5) is 12.3. The molecule has 0 spiro atoms. The maximum Gasteiger partial charge on any atom is 0.255 e. The molecule has 0 saturated heterocycles. The molecule has 4 heteroatoms. The largest absolute Gasteiger partial charge is 0.490 e. The van der Waals surface area contributed by atoms with E-state index >= 15 is 0 Å². The molecule has 2 aromatic carbocycles. The fraction of sp³-hybridized carbons (Fsp3) is 0.118. The lowest BCUT2D eigenvalue weighted by atomic mass is 10.1. The first-order chi connectivity index (χ1) is 10.1. The molecule has 0 fully saturated rings. The van der Waals surface area contributed by atoms with Crippen molar-refractivity contribution in [3.05, 3.63) is 71.3 Å². The second-order valence-corrected chi connectivity index (χ2v) is 4.98. The first-order valence-electron chi connectivity index (χ1n) is 6.51. The Hall–Kier alpha value is -2.26. The van der Waals surface area contributed by atoms with Crippen LogP contribution in [0, 0.1) is 6.92 Å². The van der Waals surface area contributed by atoms with E-state index < -0.39 is 0 Å². The third-order valence-electron chi connectivity index (χ3n) is 2.90. The van der Waals surface area contributed by atoms with E-state index in [0.29, 0.717) is 22.9 Å². The number of amides is 1. The SMILES string of the molecule is C=CCOc1cccc(C(=O)Nc2ccc(Cl)cc2C)c1. The minimum Gasteiger partial charge on any atom is -0.490 e. The second kappa shape index (κ2) is 6.95. The fourth-order valence-electron chi connectivity index (χ4n) is 1.84. The summed E-state index contributed by atoms with van der Waals surface area (Å²) in [6.45, 7) is 5.89. The lowest BCUT2D eigenvalue weighted by Crippen LogP contribution is -2.12. The molecular weight excluding hydrogens is 286 g/mol. The molecule has 0 unspecified atom stereocenters. The molecule has 0 saturated carbocycles. The van der Waals surface area contributed by atoms with Crippen molar-refractivity contribution < 1.29 is 9.53 Å². The van der Waals surface area contributed by atoms with Gasteiger partial charge in [0.15, 0.2) is 0 Å². The molecule has 108 valence electrons. The Bertz CT molecular complexity index is 668. The van der Waals surface area contributed by atoms with E-state index in [4.69, 9.17) is 16.3 Å². The van der Waals surface area contributed by atoms with E-state index in [1.807, 2.05) is 6.92 Å². The highest BCUT2D eigenvalue weighted by Gasteiger charge is 2.09. The predicted molar refractivity (Wildman–Crippen MR) is 86.3 cm³/mol. The normalized spacial score (nSPS) is 10.0. The molecular formula is C17H16ClNO2. The predicted octanol–water partition coefficient (Wildman–Crippen LogP) is 4.47. The first-order valence-corrected chi connectivity index (χ1v) is 6.89. The van der Waals surface area contributed by atoms with Gasteiger partial charge < -0.3 is 10.1 Å². The number of rotatable bonds is 5. The highest BCUT2D eigenvalue weighted by Crippen LogP contribution is 2.21. The summed E-state index contributed by atoms with van der Waals surface area (Å²) in [7, 11) is 0. The number of hydrogen-bond donors (Lipinski definition) is 1. The van der Waals surface area contributed by atoms with Gasteiger partial charge in [0.05, 0.1) is 0 Å². The van der Waals surface area contributed by atoms with Crippen LogP contribution in [0.1, 0.15) is 15.9 Å². The van der Waals surface area contributed by atoms with Gasteiger partial charge in [0.2, 0.25) is 0 Å². The molecule has 3 nitrogen and oxygen atoms in total. The van der Waals surface area contributed by atoms with E-state index in [1.165, 1.54) is 0 Å². The van der Waals surface area contributed by atoms with E-state index in [9.17, 15) is 4.79 Å². The summed E-state index contributed by atoms with van der Waals surface area (Å²) >= 11 is 5.90. The highest BCUT2D eigenvalue weighted by molar-refractivity contribution is 6.30. The van der Waals surface area contributed by atoms with Gasteiger partial charge in [0, 0.05) is 16.3 Å². The van der Waals surface area contributed by atoms with Crippen molar-refractivity contribution in [3.63, 3.8) is 0 Å². The molecule has 0 radical (unpaired) electrons. The van der Waals surface area contributed by atoms with Crippen LogP contribution in [0.4, 0.5) is 5.69 Å². The quantitative estimate of drug-likeness (QED) is 0.828. The van der Waals surface area contributed by atoms with Crippen LogP contribution in [0.2, 0.25) is 5.02 Å². The van der Waals surface area contributed by atoms with Crippen LogP contribution in [0.15, 0.2) is 55.1 Å². The molecule has 0 aliphatic rings. The molecule has 0 atom stereocenters. The van der Waals surface area contributed by atoms with Crippen molar-refractivity contribution in [2.24, 2.45) is 0 Å². The third-order valence-corrected chi connectivity index (χ3v) is 3.14. The number of carbonyl (C=O) groups excluding carboxylic acids is 1. The Morgan fingerprint density at radius 1 is 1.33 bits per heavy atom. The summed E-state index contributed by atoms with van der Waals surface area (Å²) in [6.07, 6.45) is 1.66. The Balaban J connectivity index is 2.14. The molecule has 0 aliphatic heterocycles. The number of benzene rings is 2. The van der Waals surface area contributed by atoms with Crippen molar-refractivity contribution >= 4 is 23.2 Å². The standard InChI is InChI=1S/C17H16ClNO2/c1-3-9-21-15-6-4-5-13(11-15)17(20)19-16-8-7-14(18)10-12(16)2/h3-8,10-11H,1,9H2,2H3,(H,19,20). The topological polar surface area (TPSA) is 38.3 Å². The maximum atomic E-state index is 12.3. The Labute approximate surface area is 129 Å². The Morgan fingerprint density at radius 2 is 2.14 bits per heavy atom. The van der Waals surface area contributed by atoms with E-state index in [2.05, 4.69) is 11.9 Å². The first kappa shape index (κ1) is 15.1. The van der Waals surface area contributed by atoms with Crippen molar-refractivity contribution in [1.29, 1.82) is 0 Å². The lowest BCUT2D eigenvalue weighted by Gasteiger charge is -2.10. The molecule has 1 amide bonds. The Kier molecular flexibility index (Phi) is 5.01. The number of carbonyl (C=O) groups is 1. The summed E-state index contributed by atoms with van der Waals surface area (Å²) in [5.41, 5.74) is 2.18. The molecule has 0 heterocycles. The number of nitrogens with one attached hydrogen (secondary N) is 1. The van der Waals surface area contributed by atoms with Crippen LogP contribution < -0.4 is 10.1 Å². The van der Waals surface area contributed by atoms with Gasteiger partial charge in [-0.25, -0.2) is 0 Å². The average Bonchev–Trinajstić information content (AvgIpc) is 2.48. The van der Waals surface area contributed by atoms with Gasteiger partial charge in [-0.15, -0.1) is 0 Å². The van der Waals surface area contributed by atoms with Crippen LogP contribution in [-0.2, 0) is 0 Å². The number of aryl methyl sites for hydroxylation is 1. The zero-order valence-electron chi connectivity index (χ0n) is 11.7. The monoisotopic (exact) mass is 301 g/mol. The molecule has 1 N–H and O–H groups in total. The Morgan fingerprint density at radius 3 is 2.86 bits per heavy atom. The molecule has 0 aliphatic carbocycles. The number of halogens is 1. The molecule has 0 bridgehead atoms. The van der Waals surface area contributed by atoms with Crippen LogP contribution in [0.3, 0.4) is 0 Å². The average molecular weight is 302 g/mol. The lowest BCUT2D eigenvalue weighted by molar-refractivity contribution is 0.102. The number of hydrogen-bond acceptors (Lipinski definition) is 2. The van der Waals surface area contributed by atoms with Crippen LogP contribution in [-0.4, -0.2) is 12.5 Å². The van der Waals surface area contributed by atoms with Gasteiger partial charge in [0.25, 0.3) is 5.91 Å². The molecule has 0 aromatic heterocycles. The zero-order valence-corrected chi connectivity index (χ0v) is 12.5. The van der Waals surface area contributed by atoms with Gasteiger partial charge in [-0.1, -0.05) is 30.3 Å². The smallest absolute Gasteiger partial charge is 0.255 e. The van der Waals surface area contributed by atoms with Crippen molar-refractivity contribution in [1.82, 2.24) is 0 Å². The number of ether oxygens (including phenoxy) is 1. The summed E-state index contributed by atoms with van der Waals surface area (Å²) in [5.74, 6) is 0.444. The van der Waals surface area contributed by atoms with E-state index in [0.717, 1.165) is 11.3 Å². The van der Waals surface area contributed by atoms with Crippen LogP contribution in [0.5, 0.6) is 5.75 Å². The third kappa shape index (κ3) is 4.10. The molecule has 2 rings (SSSR count). The van der Waals surface area contributed by atoms with Crippen LogP contribution >= 0.6 is 11.6 Å². The van der Waals surface area contributed by atoms with Crippen molar-refractivity contribution in [2.45, 2.75) is 6.92 Å². The maximum absolute atomic E-state index is 12.3. The van der Waals surface area contributed by atoms with Gasteiger partial charge in [0.1, 0.15) is 12.4 Å². The molecule has 21 heavy (non-hydrogen) atoms. The number of anilines is 1. The van der Waals surface area contributed by atoms with E-state index in [-0.39, 0.29) is 5.91 Å². The van der Waals surface area contributed by atoms with Crippen molar-refractivity contribution in [2.75, 3.05) is 11.9 Å². The van der Waals surface area contributed by atoms with Crippen molar-refractivity contribution in [3.8, 4) is 5.75 Å². The van der Waals surface area contributed by atoms with Gasteiger partial charge in [-0.05, 0) is 48.9 Å². The van der Waals surface area contributed by atoms with Crippen LogP contribution in [0.25, 0.3) is 0 Å². The van der Waals surface area contributed by atoms with Gasteiger partial charge in [-0.3, -0.25) is 4.79 Å². The van der Waals surface area contributed by atoms with E-state index in [1.54, 1.807) is 48.5 Å². The zero-order chi connectivity index (χ0) is 15.2. The van der Waals surface area contributed by atoms with Gasteiger partial charge >= 0.3 is 0 Å². The molecule has 2 aromatic rings.